The molecule has 1 aromatic carbocycles. The summed E-state index contributed by atoms with van der Waals surface area (Å²) in [6, 6.07) is 7.87. The highest BCUT2D eigenvalue weighted by Crippen LogP contribution is 2.30. The van der Waals surface area contributed by atoms with Crippen LogP contribution in [0, 0.1) is 0 Å². The lowest BCUT2D eigenvalue weighted by atomic mass is 10.1. The van der Waals surface area contributed by atoms with Crippen molar-refractivity contribution in [1.29, 1.82) is 0 Å². The number of nitrogens with zero attached hydrogens (tertiary/aromatic N) is 1. The van der Waals surface area contributed by atoms with Gasteiger partial charge < -0.3 is 14.5 Å². The van der Waals surface area contributed by atoms with E-state index < -0.39 is 0 Å². The van der Waals surface area contributed by atoms with E-state index in [0.717, 1.165) is 48.9 Å². The van der Waals surface area contributed by atoms with Gasteiger partial charge in [-0.2, -0.15) is 0 Å². The highest BCUT2D eigenvalue weighted by atomic mass is 16.5. The van der Waals surface area contributed by atoms with Gasteiger partial charge in [-0.1, -0.05) is 19.1 Å². The minimum Gasteiger partial charge on any atom is -0.493 e. The van der Waals surface area contributed by atoms with Gasteiger partial charge in [-0.15, -0.1) is 0 Å². The van der Waals surface area contributed by atoms with Gasteiger partial charge in [-0.05, 0) is 32.0 Å². The van der Waals surface area contributed by atoms with Crippen molar-refractivity contribution in [2.24, 2.45) is 0 Å². The van der Waals surface area contributed by atoms with Crippen molar-refractivity contribution >= 4 is 0 Å². The number of ether oxygens (including phenoxy) is 1. The van der Waals surface area contributed by atoms with Gasteiger partial charge in [0.15, 0.2) is 11.7 Å². The molecular weight excluding hydrogens is 252 g/mol. The summed E-state index contributed by atoms with van der Waals surface area (Å²) < 4.78 is 11.4. The number of nitrogens with one attached hydrogen (secondary N) is 1. The van der Waals surface area contributed by atoms with E-state index in [-0.39, 0.29) is 0 Å². The van der Waals surface area contributed by atoms with E-state index in [4.69, 9.17) is 9.15 Å². The quantitative estimate of drug-likeness (QED) is 0.750. The van der Waals surface area contributed by atoms with Gasteiger partial charge in [-0.25, -0.2) is 4.98 Å². The van der Waals surface area contributed by atoms with Crippen LogP contribution in [0.1, 0.15) is 26.2 Å². The third kappa shape index (κ3) is 3.84. The Morgan fingerprint density at radius 3 is 2.85 bits per heavy atom. The van der Waals surface area contributed by atoms with Crippen molar-refractivity contribution in [3.8, 4) is 17.1 Å². The highest BCUT2D eigenvalue weighted by Gasteiger charge is 2.10. The second-order valence-corrected chi connectivity index (χ2v) is 4.55. The molecule has 1 N–H and O–H groups in total. The zero-order chi connectivity index (χ0) is 14.2. The predicted molar refractivity (Wildman–Crippen MR) is 80.0 cm³/mol. The average Bonchev–Trinajstić information content (AvgIpc) is 2.93. The lowest BCUT2D eigenvalue weighted by molar-refractivity contribution is 0.340. The van der Waals surface area contributed by atoms with Crippen LogP contribution in [0.4, 0.5) is 0 Å². The number of hydrogen-bond donors (Lipinski definition) is 1. The third-order valence-corrected chi connectivity index (χ3v) is 2.95. The van der Waals surface area contributed by atoms with Crippen molar-refractivity contribution in [1.82, 2.24) is 10.3 Å². The Labute approximate surface area is 120 Å². The Balaban J connectivity index is 2.04. The fraction of sp³-hybridized carbons (Fsp3) is 0.438. The van der Waals surface area contributed by atoms with Crippen LogP contribution >= 0.6 is 0 Å². The summed E-state index contributed by atoms with van der Waals surface area (Å²) in [7, 11) is 0. The summed E-state index contributed by atoms with van der Waals surface area (Å²) in [6.45, 7) is 6.68. The summed E-state index contributed by atoms with van der Waals surface area (Å²) in [4.78, 5) is 4.33. The van der Waals surface area contributed by atoms with Gasteiger partial charge in [0, 0.05) is 13.0 Å². The lowest BCUT2D eigenvalue weighted by Gasteiger charge is -2.07. The van der Waals surface area contributed by atoms with Crippen LogP contribution in [0.15, 0.2) is 34.9 Å². The maximum Gasteiger partial charge on any atom is 0.196 e. The molecule has 1 heterocycles. The molecule has 2 aromatic rings. The number of hydrogen-bond acceptors (Lipinski definition) is 4. The molecule has 1 aromatic heterocycles. The van der Waals surface area contributed by atoms with Crippen LogP contribution in [-0.2, 0) is 6.42 Å². The van der Waals surface area contributed by atoms with E-state index in [0.29, 0.717) is 6.61 Å². The number of rotatable bonds is 8. The van der Waals surface area contributed by atoms with Crippen LogP contribution in [-0.4, -0.2) is 24.7 Å². The fourth-order valence-electron chi connectivity index (χ4n) is 2.00. The van der Waals surface area contributed by atoms with E-state index in [1.165, 1.54) is 0 Å². The Bertz CT molecular complexity index is 523. The summed E-state index contributed by atoms with van der Waals surface area (Å²) in [5, 5.41) is 3.34. The van der Waals surface area contributed by atoms with Crippen LogP contribution in [0.3, 0.4) is 0 Å². The molecule has 4 heteroatoms. The second-order valence-electron chi connectivity index (χ2n) is 4.55. The summed E-state index contributed by atoms with van der Waals surface area (Å²) in [5.41, 5.74) is 0.953. The van der Waals surface area contributed by atoms with Crippen LogP contribution in [0.2, 0.25) is 0 Å². The fourth-order valence-corrected chi connectivity index (χ4v) is 2.00. The zero-order valence-electron chi connectivity index (χ0n) is 12.2. The molecule has 0 unspecified atom stereocenters. The molecular formula is C16H22N2O2. The molecule has 108 valence electrons. The van der Waals surface area contributed by atoms with E-state index in [1.807, 2.05) is 31.2 Å². The van der Waals surface area contributed by atoms with Gasteiger partial charge in [0.05, 0.1) is 18.4 Å². The first-order chi connectivity index (χ1) is 9.85. The van der Waals surface area contributed by atoms with Crippen molar-refractivity contribution in [2.75, 3.05) is 19.7 Å². The first-order valence-electron chi connectivity index (χ1n) is 7.22. The van der Waals surface area contributed by atoms with E-state index in [2.05, 4.69) is 17.2 Å². The zero-order valence-corrected chi connectivity index (χ0v) is 12.2. The highest BCUT2D eigenvalue weighted by molar-refractivity contribution is 5.64. The maximum absolute atomic E-state index is 5.81. The molecule has 0 saturated heterocycles. The summed E-state index contributed by atoms with van der Waals surface area (Å²) >= 11 is 0. The van der Waals surface area contributed by atoms with Gasteiger partial charge in [-0.3, -0.25) is 0 Å². The molecule has 2 rings (SSSR count). The standard InChI is InChI=1S/C16H22N2O2/c1-3-10-17-11-9-16-18-12-15(20-16)13-7-5-6-8-14(13)19-4-2/h5-8,12,17H,3-4,9-11H2,1-2H3. The molecule has 0 aliphatic rings. The van der Waals surface area contributed by atoms with E-state index in [9.17, 15) is 0 Å². The minimum absolute atomic E-state index is 0.638. The number of aromatic nitrogens is 1. The lowest BCUT2D eigenvalue weighted by Crippen LogP contribution is -2.17. The molecule has 20 heavy (non-hydrogen) atoms. The van der Waals surface area contributed by atoms with Gasteiger partial charge >= 0.3 is 0 Å². The van der Waals surface area contributed by atoms with Crippen LogP contribution < -0.4 is 10.1 Å². The Hall–Kier alpha value is -1.81. The number of benzene rings is 1. The first-order valence-corrected chi connectivity index (χ1v) is 7.22. The Kier molecular flexibility index (Phi) is 5.62. The topological polar surface area (TPSA) is 47.3 Å². The van der Waals surface area contributed by atoms with Crippen LogP contribution in [0.25, 0.3) is 11.3 Å². The molecule has 4 nitrogen and oxygen atoms in total. The average molecular weight is 274 g/mol. The predicted octanol–water partition coefficient (Wildman–Crippen LogP) is 3.28. The maximum atomic E-state index is 5.81. The molecule has 0 saturated carbocycles. The van der Waals surface area contributed by atoms with Gasteiger partial charge in [0.25, 0.3) is 0 Å². The summed E-state index contributed by atoms with van der Waals surface area (Å²) in [6.07, 6.45) is 3.71. The largest absolute Gasteiger partial charge is 0.493 e. The van der Waals surface area contributed by atoms with Gasteiger partial charge in [0.2, 0.25) is 0 Å². The Morgan fingerprint density at radius 1 is 1.20 bits per heavy atom. The molecule has 0 fully saturated rings. The minimum atomic E-state index is 0.638. The van der Waals surface area contributed by atoms with Crippen molar-refractivity contribution in [3.05, 3.63) is 36.4 Å². The normalized spacial score (nSPS) is 10.7. The monoisotopic (exact) mass is 274 g/mol. The molecule has 0 aliphatic heterocycles. The summed E-state index contributed by atoms with van der Waals surface area (Å²) in [5.74, 6) is 2.36. The molecule has 0 aliphatic carbocycles. The number of oxazole rings is 1. The Morgan fingerprint density at radius 2 is 2.05 bits per heavy atom. The van der Waals surface area contributed by atoms with Crippen LogP contribution in [0.5, 0.6) is 5.75 Å². The first kappa shape index (κ1) is 14.6. The van der Waals surface area contributed by atoms with Gasteiger partial charge in [0.1, 0.15) is 5.75 Å². The molecule has 0 radical (unpaired) electrons. The smallest absolute Gasteiger partial charge is 0.196 e. The number of para-hydroxylation sites is 1. The van der Waals surface area contributed by atoms with E-state index >= 15 is 0 Å². The molecule has 0 bridgehead atoms. The second kappa shape index (κ2) is 7.70. The van der Waals surface area contributed by atoms with E-state index in [1.54, 1.807) is 6.20 Å². The van der Waals surface area contributed by atoms with Crippen molar-refractivity contribution in [3.63, 3.8) is 0 Å². The molecule has 0 spiro atoms. The molecule has 0 amide bonds. The van der Waals surface area contributed by atoms with Crippen molar-refractivity contribution < 1.29 is 9.15 Å². The SMILES string of the molecule is CCCNCCc1ncc(-c2ccccc2OCC)o1. The van der Waals surface area contributed by atoms with Crippen molar-refractivity contribution in [2.45, 2.75) is 26.7 Å². The molecule has 0 atom stereocenters. The third-order valence-electron chi connectivity index (χ3n) is 2.95.